The van der Waals surface area contributed by atoms with Crippen molar-refractivity contribution in [2.45, 2.75) is 26.3 Å². The van der Waals surface area contributed by atoms with Crippen LogP contribution in [0.15, 0.2) is 28.1 Å². The van der Waals surface area contributed by atoms with E-state index in [0.717, 1.165) is 38.3 Å². The number of hydrogen-bond donors (Lipinski definition) is 1. The van der Waals surface area contributed by atoms with Gasteiger partial charge in [0.05, 0.1) is 18.8 Å². The second kappa shape index (κ2) is 9.80. The van der Waals surface area contributed by atoms with Crippen molar-refractivity contribution in [2.24, 2.45) is 0 Å². The van der Waals surface area contributed by atoms with E-state index in [2.05, 4.69) is 30.2 Å². The summed E-state index contributed by atoms with van der Waals surface area (Å²) in [6.07, 6.45) is 0. The van der Waals surface area contributed by atoms with Crippen molar-refractivity contribution < 1.29 is 18.1 Å². The topological polar surface area (TPSA) is 87.4 Å². The van der Waals surface area contributed by atoms with Crippen molar-refractivity contribution in [1.82, 2.24) is 24.9 Å². The Balaban J connectivity index is 1.24. The lowest BCUT2D eigenvalue weighted by atomic mass is 10.2. The fourth-order valence-electron chi connectivity index (χ4n) is 3.34. The molecule has 1 saturated heterocycles. The molecule has 0 saturated carbocycles. The number of amides is 1. The minimum Gasteiger partial charge on any atom is -0.338 e. The summed E-state index contributed by atoms with van der Waals surface area (Å²) < 4.78 is 31.9. The van der Waals surface area contributed by atoms with Crippen LogP contribution in [0.2, 0.25) is 0 Å². The van der Waals surface area contributed by atoms with Crippen LogP contribution in [0.4, 0.5) is 13.9 Å². The standard InChI is InChI=1S/C21H24F2N6O2S/c1-13(2)20-26-19(31-27-20)11-29-7-5-28(6-8-29)10-18(30)25-21-24-17(12-32-21)14-3-4-15(22)16(23)9-14/h3-4,9,12-13H,5-8,10-11H2,1-2H3,(H,24,25,30). The number of hydrogen-bond acceptors (Lipinski definition) is 8. The number of anilines is 1. The Hall–Kier alpha value is -2.76. The van der Waals surface area contributed by atoms with Gasteiger partial charge in [0.15, 0.2) is 22.6 Å². The van der Waals surface area contributed by atoms with E-state index >= 15 is 0 Å². The molecule has 0 unspecified atom stereocenters. The Morgan fingerprint density at radius 2 is 1.91 bits per heavy atom. The predicted molar refractivity (Wildman–Crippen MR) is 116 cm³/mol. The maximum atomic E-state index is 13.4. The molecule has 1 aliphatic rings. The van der Waals surface area contributed by atoms with Gasteiger partial charge in [-0.3, -0.25) is 14.6 Å². The SMILES string of the molecule is CC(C)c1noc(CN2CCN(CC(=O)Nc3nc(-c4ccc(F)c(F)c4)cs3)CC2)n1. The number of piperazine rings is 1. The lowest BCUT2D eigenvalue weighted by molar-refractivity contribution is -0.117. The van der Waals surface area contributed by atoms with Crippen LogP contribution >= 0.6 is 11.3 Å². The first-order chi connectivity index (χ1) is 15.4. The van der Waals surface area contributed by atoms with Crippen molar-refractivity contribution in [1.29, 1.82) is 0 Å². The van der Waals surface area contributed by atoms with Crippen molar-refractivity contribution in [3.8, 4) is 11.3 Å². The lowest BCUT2D eigenvalue weighted by Gasteiger charge is -2.33. The number of thiazole rings is 1. The molecule has 0 spiro atoms. The second-order valence-corrected chi connectivity index (χ2v) is 8.83. The van der Waals surface area contributed by atoms with E-state index in [1.807, 2.05) is 13.8 Å². The van der Waals surface area contributed by atoms with E-state index < -0.39 is 11.6 Å². The van der Waals surface area contributed by atoms with E-state index in [1.54, 1.807) is 5.38 Å². The summed E-state index contributed by atoms with van der Waals surface area (Å²) in [6.45, 7) is 7.99. The molecule has 2 aromatic heterocycles. The van der Waals surface area contributed by atoms with Gasteiger partial charge in [0.1, 0.15) is 0 Å². The van der Waals surface area contributed by atoms with Crippen molar-refractivity contribution in [3.63, 3.8) is 0 Å². The lowest BCUT2D eigenvalue weighted by Crippen LogP contribution is -2.48. The number of rotatable bonds is 7. The van der Waals surface area contributed by atoms with Gasteiger partial charge in [0.25, 0.3) is 0 Å². The van der Waals surface area contributed by atoms with Gasteiger partial charge >= 0.3 is 0 Å². The van der Waals surface area contributed by atoms with Crippen LogP contribution in [0, 0.1) is 11.6 Å². The van der Waals surface area contributed by atoms with Crippen LogP contribution in [-0.4, -0.2) is 63.6 Å². The number of benzene rings is 1. The summed E-state index contributed by atoms with van der Waals surface area (Å²) >= 11 is 1.24. The Bertz CT molecular complexity index is 1080. The van der Waals surface area contributed by atoms with Crippen LogP contribution in [0.1, 0.15) is 31.5 Å². The second-order valence-electron chi connectivity index (χ2n) is 7.97. The molecule has 3 aromatic rings. The number of aromatic nitrogens is 3. The fraction of sp³-hybridized carbons (Fsp3) is 0.429. The van der Waals surface area contributed by atoms with E-state index in [0.29, 0.717) is 34.6 Å². The summed E-state index contributed by atoms with van der Waals surface area (Å²) in [7, 11) is 0. The summed E-state index contributed by atoms with van der Waals surface area (Å²) in [4.78, 5) is 25.4. The number of halogens is 2. The molecule has 1 amide bonds. The van der Waals surface area contributed by atoms with Gasteiger partial charge in [0.2, 0.25) is 11.8 Å². The molecule has 8 nitrogen and oxygen atoms in total. The summed E-state index contributed by atoms with van der Waals surface area (Å²) in [6, 6.07) is 3.60. The molecule has 0 bridgehead atoms. The summed E-state index contributed by atoms with van der Waals surface area (Å²) in [5, 5.41) is 8.89. The molecule has 4 rings (SSSR count). The van der Waals surface area contributed by atoms with Gasteiger partial charge in [0, 0.05) is 43.0 Å². The van der Waals surface area contributed by atoms with E-state index in [4.69, 9.17) is 4.52 Å². The zero-order chi connectivity index (χ0) is 22.7. The molecule has 1 aromatic carbocycles. The molecule has 170 valence electrons. The van der Waals surface area contributed by atoms with E-state index in [1.165, 1.54) is 17.4 Å². The third-order valence-corrected chi connectivity index (χ3v) is 5.91. The van der Waals surface area contributed by atoms with Gasteiger partial charge in [-0.2, -0.15) is 4.98 Å². The maximum absolute atomic E-state index is 13.4. The minimum atomic E-state index is -0.931. The molecule has 0 radical (unpaired) electrons. The van der Waals surface area contributed by atoms with Gasteiger partial charge in [-0.15, -0.1) is 11.3 Å². The number of nitrogens with one attached hydrogen (secondary N) is 1. The smallest absolute Gasteiger partial charge is 0.240 e. The van der Waals surface area contributed by atoms with E-state index in [-0.39, 0.29) is 18.4 Å². The van der Waals surface area contributed by atoms with Crippen LogP contribution in [0.25, 0.3) is 11.3 Å². The van der Waals surface area contributed by atoms with Crippen LogP contribution < -0.4 is 5.32 Å². The third-order valence-electron chi connectivity index (χ3n) is 5.16. The molecule has 11 heteroatoms. The predicted octanol–water partition coefficient (Wildman–Crippen LogP) is 3.35. The molecule has 1 N–H and O–H groups in total. The van der Waals surface area contributed by atoms with Crippen molar-refractivity contribution in [3.05, 3.63) is 46.9 Å². The highest BCUT2D eigenvalue weighted by molar-refractivity contribution is 7.14. The monoisotopic (exact) mass is 462 g/mol. The normalized spacial score (nSPS) is 15.4. The molecule has 1 fully saturated rings. The van der Waals surface area contributed by atoms with Crippen LogP contribution in [0.5, 0.6) is 0 Å². The molecular weight excluding hydrogens is 438 g/mol. The largest absolute Gasteiger partial charge is 0.338 e. The highest BCUT2D eigenvalue weighted by atomic mass is 32.1. The molecule has 0 atom stereocenters. The summed E-state index contributed by atoms with van der Waals surface area (Å²) in [5.41, 5.74) is 0.943. The van der Waals surface area contributed by atoms with E-state index in [9.17, 15) is 13.6 Å². The maximum Gasteiger partial charge on any atom is 0.240 e. The third kappa shape index (κ3) is 5.53. The number of carbonyl (C=O) groups is 1. The first kappa shape index (κ1) is 22.4. The minimum absolute atomic E-state index is 0.164. The highest BCUT2D eigenvalue weighted by Crippen LogP contribution is 2.26. The molecule has 3 heterocycles. The van der Waals surface area contributed by atoms with Gasteiger partial charge in [-0.05, 0) is 18.2 Å². The van der Waals surface area contributed by atoms with Crippen LogP contribution in [0.3, 0.4) is 0 Å². The average Bonchev–Trinajstić information content (AvgIpc) is 3.41. The number of nitrogens with zero attached hydrogens (tertiary/aromatic N) is 5. The molecule has 1 aliphatic heterocycles. The fourth-order valence-corrected chi connectivity index (χ4v) is 4.08. The number of carbonyl (C=O) groups excluding carboxylic acids is 1. The first-order valence-electron chi connectivity index (χ1n) is 10.4. The zero-order valence-electron chi connectivity index (χ0n) is 17.8. The quantitative estimate of drug-likeness (QED) is 0.576. The first-order valence-corrected chi connectivity index (χ1v) is 11.2. The molecule has 32 heavy (non-hydrogen) atoms. The summed E-state index contributed by atoms with van der Waals surface area (Å²) in [5.74, 6) is -0.447. The van der Waals surface area contributed by atoms with Crippen molar-refractivity contribution in [2.75, 3.05) is 38.0 Å². The van der Waals surface area contributed by atoms with Gasteiger partial charge < -0.3 is 9.84 Å². The Morgan fingerprint density at radius 3 is 2.59 bits per heavy atom. The van der Waals surface area contributed by atoms with Gasteiger partial charge in [-0.25, -0.2) is 13.8 Å². The van der Waals surface area contributed by atoms with Crippen molar-refractivity contribution >= 4 is 22.4 Å². The molecular formula is C21H24F2N6O2S. The Kier molecular flexibility index (Phi) is 6.87. The van der Waals surface area contributed by atoms with Gasteiger partial charge in [-0.1, -0.05) is 19.0 Å². The Morgan fingerprint density at radius 1 is 1.16 bits per heavy atom. The zero-order valence-corrected chi connectivity index (χ0v) is 18.7. The van der Waals surface area contributed by atoms with Crippen LogP contribution in [-0.2, 0) is 11.3 Å². The average molecular weight is 463 g/mol. The molecule has 0 aliphatic carbocycles. The highest BCUT2D eigenvalue weighted by Gasteiger charge is 2.21. The Labute approximate surface area is 188 Å².